The molecule has 3 rings (SSSR count). The van der Waals surface area contributed by atoms with E-state index in [0.717, 1.165) is 0 Å². The lowest BCUT2D eigenvalue weighted by molar-refractivity contribution is 0.327. The molecule has 2 fully saturated rings. The van der Waals surface area contributed by atoms with Gasteiger partial charge in [-0.15, -0.1) is 0 Å². The van der Waals surface area contributed by atoms with Crippen molar-refractivity contribution in [1.29, 1.82) is 0 Å². The van der Waals surface area contributed by atoms with Crippen LogP contribution in [0.25, 0.3) is 0 Å². The van der Waals surface area contributed by atoms with Crippen LogP contribution in [0.5, 0.6) is 0 Å². The van der Waals surface area contributed by atoms with Gasteiger partial charge in [-0.1, -0.05) is 68.9 Å². The van der Waals surface area contributed by atoms with Gasteiger partial charge in [-0.2, -0.15) is 0 Å². The first-order chi connectivity index (χ1) is 11.7. The molecule has 1 aromatic rings. The highest BCUT2D eigenvalue weighted by atomic mass is 28.3. The number of aliphatic imine (C=N–C) groups is 1. The zero-order valence-corrected chi connectivity index (χ0v) is 16.6. The third-order valence-electron chi connectivity index (χ3n) is 6.07. The van der Waals surface area contributed by atoms with Crippen molar-refractivity contribution < 1.29 is 0 Å². The summed E-state index contributed by atoms with van der Waals surface area (Å²) in [6.45, 7) is 5.01. The number of nitrogens with zero attached hydrogens (tertiary/aromatic N) is 2. The Balaban J connectivity index is 1.82. The number of hydrogen-bond acceptors (Lipinski definition) is 1. The van der Waals surface area contributed by atoms with Crippen LogP contribution < -0.4 is 5.19 Å². The maximum atomic E-state index is 5.09. The van der Waals surface area contributed by atoms with E-state index in [0.29, 0.717) is 12.1 Å². The highest BCUT2D eigenvalue weighted by Gasteiger charge is 2.35. The molecule has 0 aromatic heterocycles. The van der Waals surface area contributed by atoms with Crippen molar-refractivity contribution >= 4 is 19.8 Å². The number of rotatable bonds is 5. The summed E-state index contributed by atoms with van der Waals surface area (Å²) in [4.78, 5) is 5.09. The molecule has 0 radical (unpaired) electrons. The average molecular weight is 343 g/mol. The normalized spacial score (nSPS) is 21.2. The molecule has 24 heavy (non-hydrogen) atoms. The lowest BCUT2D eigenvalue weighted by atomic mass is 9.95. The van der Waals surface area contributed by atoms with E-state index in [2.05, 4.69) is 54.3 Å². The maximum Gasteiger partial charge on any atom is 0.183 e. The SMILES string of the molecule is C[Si](C)(c1ccccc1)N(C=NC1CCCCC1)C1CCCCC1. The first-order valence-electron chi connectivity index (χ1n) is 10.1. The van der Waals surface area contributed by atoms with Gasteiger partial charge in [0.25, 0.3) is 0 Å². The molecule has 0 N–H and O–H groups in total. The second-order valence-electron chi connectivity index (χ2n) is 8.18. The summed E-state index contributed by atoms with van der Waals surface area (Å²) in [6, 6.07) is 12.5. The monoisotopic (exact) mass is 342 g/mol. The van der Waals surface area contributed by atoms with Crippen LogP contribution in [-0.4, -0.2) is 31.2 Å². The van der Waals surface area contributed by atoms with Gasteiger partial charge in [0.1, 0.15) is 0 Å². The minimum absolute atomic E-state index is 0.574. The average Bonchev–Trinajstić information content (AvgIpc) is 2.64. The maximum absolute atomic E-state index is 5.09. The molecule has 132 valence electrons. The van der Waals surface area contributed by atoms with E-state index in [1.807, 2.05) is 0 Å². The molecule has 0 unspecified atom stereocenters. The first-order valence-corrected chi connectivity index (χ1v) is 13.0. The molecule has 2 aliphatic carbocycles. The van der Waals surface area contributed by atoms with Gasteiger partial charge in [0.15, 0.2) is 8.24 Å². The van der Waals surface area contributed by atoms with E-state index in [4.69, 9.17) is 4.99 Å². The quantitative estimate of drug-likeness (QED) is 0.413. The van der Waals surface area contributed by atoms with Crippen LogP contribution in [0, 0.1) is 0 Å². The van der Waals surface area contributed by atoms with E-state index < -0.39 is 8.24 Å². The van der Waals surface area contributed by atoms with Gasteiger partial charge >= 0.3 is 0 Å². The van der Waals surface area contributed by atoms with Crippen LogP contribution in [0.3, 0.4) is 0 Å². The summed E-state index contributed by atoms with van der Waals surface area (Å²) in [5.74, 6) is 0. The van der Waals surface area contributed by atoms with Crippen molar-refractivity contribution in [3.63, 3.8) is 0 Å². The summed E-state index contributed by atoms with van der Waals surface area (Å²) in [7, 11) is -1.70. The Morgan fingerprint density at radius 1 is 0.875 bits per heavy atom. The molecule has 0 saturated heterocycles. The predicted octanol–water partition coefficient (Wildman–Crippen LogP) is 5.09. The van der Waals surface area contributed by atoms with Gasteiger partial charge in [0, 0.05) is 6.04 Å². The van der Waals surface area contributed by atoms with Crippen molar-refractivity contribution in [2.75, 3.05) is 0 Å². The molecule has 0 atom stereocenters. The summed E-state index contributed by atoms with van der Waals surface area (Å²) in [5.41, 5.74) is 0. The van der Waals surface area contributed by atoms with Crippen LogP contribution in [0.15, 0.2) is 35.3 Å². The molecular weight excluding hydrogens is 308 g/mol. The molecule has 0 amide bonds. The van der Waals surface area contributed by atoms with Crippen molar-refractivity contribution in [2.24, 2.45) is 4.99 Å². The Hall–Kier alpha value is -1.09. The molecule has 3 heteroatoms. The largest absolute Gasteiger partial charge is 0.382 e. The van der Waals surface area contributed by atoms with Gasteiger partial charge in [-0.25, -0.2) is 0 Å². The van der Waals surface area contributed by atoms with Crippen LogP contribution in [0.2, 0.25) is 13.1 Å². The van der Waals surface area contributed by atoms with Crippen LogP contribution >= 0.6 is 0 Å². The molecule has 0 spiro atoms. The standard InChI is InChI=1S/C21H34N2Si/c1-24(2,21-16-10-5-11-17-21)23(20-14-8-4-9-15-20)18-22-19-12-6-3-7-13-19/h5,10-11,16-20H,3-4,6-9,12-15H2,1-2H3. The Kier molecular flexibility index (Phi) is 6.15. The van der Waals surface area contributed by atoms with Gasteiger partial charge in [-0.3, -0.25) is 4.99 Å². The second-order valence-corrected chi connectivity index (χ2v) is 12.4. The van der Waals surface area contributed by atoms with Crippen molar-refractivity contribution in [3.8, 4) is 0 Å². The van der Waals surface area contributed by atoms with Gasteiger partial charge < -0.3 is 4.57 Å². The molecular formula is C21H34N2Si. The van der Waals surface area contributed by atoms with Crippen LogP contribution in [0.4, 0.5) is 0 Å². The van der Waals surface area contributed by atoms with Crippen molar-refractivity contribution in [1.82, 2.24) is 4.57 Å². The molecule has 0 aliphatic heterocycles. The summed E-state index contributed by atoms with van der Waals surface area (Å²) >= 11 is 0. The summed E-state index contributed by atoms with van der Waals surface area (Å²) in [5, 5.41) is 1.53. The lowest BCUT2D eigenvalue weighted by Crippen LogP contribution is -2.61. The lowest BCUT2D eigenvalue weighted by Gasteiger charge is -2.43. The molecule has 1 aromatic carbocycles. The van der Waals surface area contributed by atoms with Crippen LogP contribution in [-0.2, 0) is 0 Å². The zero-order valence-electron chi connectivity index (χ0n) is 15.6. The third-order valence-corrected chi connectivity index (χ3v) is 9.59. The number of benzene rings is 1. The summed E-state index contributed by atoms with van der Waals surface area (Å²) < 4.78 is 2.73. The van der Waals surface area contributed by atoms with Crippen molar-refractivity contribution in [3.05, 3.63) is 30.3 Å². The van der Waals surface area contributed by atoms with E-state index in [1.165, 1.54) is 69.4 Å². The van der Waals surface area contributed by atoms with Gasteiger partial charge in [0.2, 0.25) is 0 Å². The Bertz CT molecular complexity index is 514. The van der Waals surface area contributed by atoms with Crippen molar-refractivity contribution in [2.45, 2.75) is 89.4 Å². The second kappa shape index (κ2) is 8.33. The Labute approximate surface area is 149 Å². The van der Waals surface area contributed by atoms with Gasteiger partial charge in [-0.05, 0) is 44.0 Å². The smallest absolute Gasteiger partial charge is 0.183 e. The Morgan fingerprint density at radius 3 is 2.08 bits per heavy atom. The molecule has 2 aliphatic rings. The van der Waals surface area contributed by atoms with Gasteiger partial charge in [0.05, 0.1) is 12.4 Å². The molecule has 0 bridgehead atoms. The van der Waals surface area contributed by atoms with E-state index >= 15 is 0 Å². The molecule has 2 saturated carbocycles. The minimum Gasteiger partial charge on any atom is -0.382 e. The molecule has 2 nitrogen and oxygen atoms in total. The van der Waals surface area contributed by atoms with Crippen LogP contribution in [0.1, 0.15) is 64.2 Å². The topological polar surface area (TPSA) is 15.6 Å². The van der Waals surface area contributed by atoms with E-state index in [1.54, 1.807) is 0 Å². The number of hydrogen-bond donors (Lipinski definition) is 0. The van der Waals surface area contributed by atoms with E-state index in [9.17, 15) is 0 Å². The van der Waals surface area contributed by atoms with E-state index in [-0.39, 0.29) is 0 Å². The molecule has 0 heterocycles. The predicted molar refractivity (Wildman–Crippen MR) is 108 cm³/mol. The first kappa shape index (κ1) is 17.7. The Morgan fingerprint density at radius 2 is 1.46 bits per heavy atom. The minimum atomic E-state index is -1.70. The zero-order chi connectivity index (χ0) is 16.8. The highest BCUT2D eigenvalue weighted by Crippen LogP contribution is 2.27. The third kappa shape index (κ3) is 4.30. The fraction of sp³-hybridized carbons (Fsp3) is 0.667. The fourth-order valence-electron chi connectivity index (χ4n) is 4.45. The fourth-order valence-corrected chi connectivity index (χ4v) is 7.28. The highest BCUT2D eigenvalue weighted by molar-refractivity contribution is 6.88. The summed E-state index contributed by atoms with van der Waals surface area (Å²) in [6.07, 6.45) is 15.9.